The van der Waals surface area contributed by atoms with E-state index in [2.05, 4.69) is 70.4 Å². The van der Waals surface area contributed by atoms with E-state index in [4.69, 9.17) is 4.74 Å². The third-order valence-corrected chi connectivity index (χ3v) is 5.95. The number of aromatic amines is 1. The van der Waals surface area contributed by atoms with Crippen LogP contribution in [0, 0.1) is 0 Å². The molecule has 4 heteroatoms. The smallest absolute Gasteiger partial charge is 0.0594 e. The first kappa shape index (κ1) is 17.0. The van der Waals surface area contributed by atoms with Crippen LogP contribution in [0.1, 0.15) is 28.3 Å². The van der Waals surface area contributed by atoms with Crippen molar-refractivity contribution in [3.8, 4) is 0 Å². The molecule has 0 amide bonds. The summed E-state index contributed by atoms with van der Waals surface area (Å²) in [6.45, 7) is 6.90. The lowest BCUT2D eigenvalue weighted by atomic mass is 9.86. The number of rotatable bonds is 3. The highest BCUT2D eigenvalue weighted by atomic mass is 16.5. The normalized spacial score (nSPS) is 21.4. The number of fused-ring (bicyclic) bond motifs is 2. The van der Waals surface area contributed by atoms with E-state index < -0.39 is 0 Å². The summed E-state index contributed by atoms with van der Waals surface area (Å²) < 4.78 is 5.48. The van der Waals surface area contributed by atoms with E-state index in [0.717, 1.165) is 45.9 Å². The second-order valence-corrected chi connectivity index (χ2v) is 7.98. The zero-order chi connectivity index (χ0) is 18.2. The molecule has 4 nitrogen and oxygen atoms in total. The molecule has 2 aliphatic heterocycles. The van der Waals surface area contributed by atoms with Crippen LogP contribution in [0.5, 0.6) is 0 Å². The van der Waals surface area contributed by atoms with Crippen molar-refractivity contribution in [2.45, 2.75) is 19.0 Å². The molecule has 0 saturated carbocycles. The topological polar surface area (TPSA) is 31.5 Å². The van der Waals surface area contributed by atoms with Gasteiger partial charge in [-0.05, 0) is 41.3 Å². The van der Waals surface area contributed by atoms with Gasteiger partial charge in [-0.2, -0.15) is 0 Å². The molecular weight excluding hydrogens is 334 g/mol. The second-order valence-electron chi connectivity index (χ2n) is 7.98. The summed E-state index contributed by atoms with van der Waals surface area (Å²) >= 11 is 0. The highest BCUT2D eigenvalue weighted by Crippen LogP contribution is 2.34. The third kappa shape index (κ3) is 3.41. The Morgan fingerprint density at radius 3 is 2.78 bits per heavy atom. The molecular formula is C23H27N3O. The van der Waals surface area contributed by atoms with Gasteiger partial charge >= 0.3 is 0 Å². The van der Waals surface area contributed by atoms with Gasteiger partial charge in [0.25, 0.3) is 0 Å². The van der Waals surface area contributed by atoms with Crippen LogP contribution in [0.4, 0.5) is 0 Å². The molecule has 1 N–H and O–H groups in total. The van der Waals surface area contributed by atoms with E-state index >= 15 is 0 Å². The average Bonchev–Trinajstić information content (AvgIpc) is 3.12. The third-order valence-electron chi connectivity index (χ3n) is 5.95. The number of morpholine rings is 1. The minimum absolute atomic E-state index is 0.406. The van der Waals surface area contributed by atoms with Gasteiger partial charge in [-0.3, -0.25) is 4.90 Å². The predicted octanol–water partition coefficient (Wildman–Crippen LogP) is 3.58. The first-order chi connectivity index (χ1) is 13.3. The zero-order valence-corrected chi connectivity index (χ0v) is 15.9. The van der Waals surface area contributed by atoms with E-state index in [1.165, 1.54) is 33.3 Å². The zero-order valence-electron chi connectivity index (χ0n) is 15.9. The summed E-state index contributed by atoms with van der Waals surface area (Å²) in [5, 5.41) is 1.30. The maximum Gasteiger partial charge on any atom is 0.0594 e. The van der Waals surface area contributed by atoms with Gasteiger partial charge in [0, 0.05) is 49.9 Å². The van der Waals surface area contributed by atoms with Crippen LogP contribution in [-0.2, 0) is 17.8 Å². The standard InChI is InChI=1S/C23H27N3O/c1-25-15-19-12-17(14-26-8-10-27-11-9-26)6-7-20(19)21(16-25)23-13-18-4-2-3-5-22(18)24-23/h2-7,12-13,21,24H,8-11,14-16H2,1H3. The van der Waals surface area contributed by atoms with Crippen molar-refractivity contribution in [3.05, 3.63) is 70.9 Å². The van der Waals surface area contributed by atoms with Crippen LogP contribution < -0.4 is 0 Å². The van der Waals surface area contributed by atoms with E-state index in [1.54, 1.807) is 0 Å². The number of H-pyrrole nitrogens is 1. The van der Waals surface area contributed by atoms with Crippen molar-refractivity contribution in [2.24, 2.45) is 0 Å². The monoisotopic (exact) mass is 361 g/mol. The molecule has 0 radical (unpaired) electrons. The highest BCUT2D eigenvalue weighted by Gasteiger charge is 2.26. The number of nitrogens with one attached hydrogen (secondary N) is 1. The fraction of sp³-hybridized carbons (Fsp3) is 0.391. The number of hydrogen-bond donors (Lipinski definition) is 1. The summed E-state index contributed by atoms with van der Waals surface area (Å²) in [7, 11) is 2.23. The minimum atomic E-state index is 0.406. The van der Waals surface area contributed by atoms with Crippen LogP contribution >= 0.6 is 0 Å². The number of benzene rings is 2. The summed E-state index contributed by atoms with van der Waals surface area (Å²) in [5.74, 6) is 0.406. The van der Waals surface area contributed by atoms with Gasteiger partial charge in [0.15, 0.2) is 0 Å². The van der Waals surface area contributed by atoms with E-state index in [0.29, 0.717) is 5.92 Å². The molecule has 2 aliphatic rings. The lowest BCUT2D eigenvalue weighted by Crippen LogP contribution is -2.36. The Kier molecular flexibility index (Phi) is 4.48. The number of likely N-dealkylation sites (N-methyl/N-ethyl adjacent to an activating group) is 1. The molecule has 1 unspecified atom stereocenters. The number of nitrogens with zero attached hydrogens (tertiary/aromatic N) is 2. The molecule has 3 heterocycles. The van der Waals surface area contributed by atoms with Crippen LogP contribution in [-0.4, -0.2) is 54.7 Å². The SMILES string of the molecule is CN1Cc2cc(CN3CCOCC3)ccc2C(c2cc3ccccc3[nH]2)C1. The Labute approximate surface area is 160 Å². The summed E-state index contributed by atoms with van der Waals surface area (Å²) in [6, 6.07) is 18.0. The van der Waals surface area contributed by atoms with E-state index in [9.17, 15) is 0 Å². The highest BCUT2D eigenvalue weighted by molar-refractivity contribution is 5.80. The second kappa shape index (κ2) is 7.12. The van der Waals surface area contributed by atoms with Crippen LogP contribution in [0.2, 0.25) is 0 Å². The molecule has 2 aromatic carbocycles. The van der Waals surface area contributed by atoms with Crippen LogP contribution in [0.3, 0.4) is 0 Å². The van der Waals surface area contributed by atoms with Gasteiger partial charge in [0.1, 0.15) is 0 Å². The van der Waals surface area contributed by atoms with Crippen LogP contribution in [0.15, 0.2) is 48.5 Å². The van der Waals surface area contributed by atoms with Gasteiger partial charge in [-0.25, -0.2) is 0 Å². The number of para-hydroxylation sites is 1. The minimum Gasteiger partial charge on any atom is -0.379 e. The predicted molar refractivity (Wildman–Crippen MR) is 109 cm³/mol. The van der Waals surface area contributed by atoms with Crippen molar-refractivity contribution in [2.75, 3.05) is 39.9 Å². The number of ether oxygens (including phenoxy) is 1. The molecule has 5 rings (SSSR count). The Bertz CT molecular complexity index is 909. The van der Waals surface area contributed by atoms with Crippen molar-refractivity contribution < 1.29 is 4.74 Å². The fourth-order valence-corrected chi connectivity index (χ4v) is 4.57. The Morgan fingerprint density at radius 2 is 1.93 bits per heavy atom. The number of aromatic nitrogens is 1. The summed E-state index contributed by atoms with van der Waals surface area (Å²) in [5.41, 5.74) is 6.92. The van der Waals surface area contributed by atoms with Crippen molar-refractivity contribution in [1.29, 1.82) is 0 Å². The van der Waals surface area contributed by atoms with Crippen molar-refractivity contribution in [1.82, 2.24) is 14.8 Å². The molecule has 0 spiro atoms. The lowest BCUT2D eigenvalue weighted by Gasteiger charge is -2.33. The molecule has 1 aromatic heterocycles. The molecule has 1 saturated heterocycles. The van der Waals surface area contributed by atoms with Gasteiger partial charge in [-0.1, -0.05) is 36.4 Å². The lowest BCUT2D eigenvalue weighted by molar-refractivity contribution is 0.0341. The fourth-order valence-electron chi connectivity index (χ4n) is 4.57. The van der Waals surface area contributed by atoms with Crippen molar-refractivity contribution in [3.63, 3.8) is 0 Å². The molecule has 27 heavy (non-hydrogen) atoms. The average molecular weight is 361 g/mol. The molecule has 0 aliphatic carbocycles. The van der Waals surface area contributed by atoms with Crippen molar-refractivity contribution >= 4 is 10.9 Å². The number of hydrogen-bond acceptors (Lipinski definition) is 3. The van der Waals surface area contributed by atoms with Gasteiger partial charge in [0.05, 0.1) is 13.2 Å². The Morgan fingerprint density at radius 1 is 1.07 bits per heavy atom. The Hall–Kier alpha value is -2.14. The van der Waals surface area contributed by atoms with Crippen LogP contribution in [0.25, 0.3) is 10.9 Å². The Balaban J connectivity index is 1.45. The van der Waals surface area contributed by atoms with Gasteiger partial charge < -0.3 is 14.6 Å². The summed E-state index contributed by atoms with van der Waals surface area (Å²) in [4.78, 5) is 8.59. The van der Waals surface area contributed by atoms with Gasteiger partial charge in [0.2, 0.25) is 0 Å². The van der Waals surface area contributed by atoms with E-state index in [1.807, 2.05) is 0 Å². The molecule has 3 aromatic rings. The summed E-state index contributed by atoms with van der Waals surface area (Å²) in [6.07, 6.45) is 0. The first-order valence-electron chi connectivity index (χ1n) is 9.94. The largest absolute Gasteiger partial charge is 0.379 e. The van der Waals surface area contributed by atoms with Gasteiger partial charge in [-0.15, -0.1) is 0 Å². The quantitative estimate of drug-likeness (QED) is 0.774. The molecule has 0 bridgehead atoms. The first-order valence-corrected chi connectivity index (χ1v) is 9.94. The molecule has 140 valence electrons. The maximum absolute atomic E-state index is 5.48. The maximum atomic E-state index is 5.48. The molecule has 1 atom stereocenters. The molecule has 1 fully saturated rings. The van der Waals surface area contributed by atoms with E-state index in [-0.39, 0.29) is 0 Å².